The molecule has 3 saturated heterocycles. The number of ether oxygens (including phenoxy) is 6. The first-order chi connectivity index (χ1) is 21.8. The number of hydrogen-bond donors (Lipinski definition) is 2. The van der Waals surface area contributed by atoms with Gasteiger partial charge in [0.05, 0.1) is 39.6 Å². The van der Waals surface area contributed by atoms with Crippen molar-refractivity contribution in [2.75, 3.05) is 39.6 Å². The van der Waals surface area contributed by atoms with Crippen LogP contribution in [0.25, 0.3) is 0 Å². The van der Waals surface area contributed by atoms with Gasteiger partial charge in [-0.2, -0.15) is 0 Å². The van der Waals surface area contributed by atoms with E-state index in [9.17, 15) is 10.0 Å². The first-order valence-electron chi connectivity index (χ1n) is 15.4. The van der Waals surface area contributed by atoms with Gasteiger partial charge in [-0.15, -0.1) is 0 Å². The van der Waals surface area contributed by atoms with E-state index < -0.39 is 13.4 Å². The Kier molecular flexibility index (Phi) is 14.8. The van der Waals surface area contributed by atoms with Crippen molar-refractivity contribution < 1.29 is 38.5 Å². The number of halogens is 2. The van der Waals surface area contributed by atoms with Crippen molar-refractivity contribution in [2.24, 2.45) is 0 Å². The van der Waals surface area contributed by atoms with Crippen LogP contribution in [0.15, 0.2) is 54.6 Å². The second kappa shape index (κ2) is 18.5. The zero-order valence-corrected chi connectivity index (χ0v) is 28.5. The Balaban J connectivity index is 0.000000154. The molecule has 45 heavy (non-hydrogen) atoms. The molecule has 0 aromatic heterocycles. The lowest BCUT2D eigenvalue weighted by Gasteiger charge is -2.26. The van der Waals surface area contributed by atoms with Crippen LogP contribution in [0.3, 0.4) is 0 Å². The summed E-state index contributed by atoms with van der Waals surface area (Å²) in [6, 6.07) is 17.5. The molecule has 11 heteroatoms. The molecule has 3 fully saturated rings. The van der Waals surface area contributed by atoms with Gasteiger partial charge in [-0.25, -0.2) is 0 Å². The van der Waals surface area contributed by atoms with Gasteiger partial charge in [0.2, 0.25) is 0 Å². The third-order valence-electron chi connectivity index (χ3n) is 7.65. The topological polar surface area (TPSA) is 95.8 Å². The average Bonchev–Trinajstić information content (AvgIpc) is 3.06. The van der Waals surface area contributed by atoms with E-state index in [1.54, 1.807) is 12.1 Å². The monoisotopic (exact) mass is 704 g/mol. The predicted octanol–water partition coefficient (Wildman–Crippen LogP) is 6.52. The maximum absolute atomic E-state index is 9.30. The van der Waals surface area contributed by atoms with Crippen molar-refractivity contribution in [3.8, 4) is 0 Å². The first-order valence-corrected chi connectivity index (χ1v) is 16.9. The minimum atomic E-state index is -1.50. The molecule has 3 aromatic carbocycles. The summed E-state index contributed by atoms with van der Waals surface area (Å²) in [6.07, 6.45) is 1.89. The molecule has 0 unspecified atom stereocenters. The molecule has 6 rings (SSSR count). The highest BCUT2D eigenvalue weighted by Crippen LogP contribution is 2.32. The van der Waals surface area contributed by atoms with Crippen LogP contribution in [0, 0.1) is 20.8 Å². The molecule has 0 amide bonds. The lowest BCUT2D eigenvalue weighted by molar-refractivity contribution is -0.183. The van der Waals surface area contributed by atoms with Gasteiger partial charge >= 0.3 is 7.12 Å². The number of rotatable bonds is 5. The number of hydrogen-bond acceptors (Lipinski definition) is 8. The Morgan fingerprint density at radius 3 is 1.49 bits per heavy atom. The zero-order valence-electron chi connectivity index (χ0n) is 26.2. The van der Waals surface area contributed by atoms with Crippen LogP contribution in [0.1, 0.15) is 77.1 Å². The van der Waals surface area contributed by atoms with E-state index >= 15 is 0 Å². The van der Waals surface area contributed by atoms with E-state index in [1.807, 2.05) is 38.1 Å². The van der Waals surface area contributed by atoms with E-state index in [4.69, 9.17) is 40.0 Å². The lowest BCUT2D eigenvalue weighted by atomic mass is 9.75. The summed E-state index contributed by atoms with van der Waals surface area (Å²) in [5.41, 5.74) is 7.88. The molecule has 2 N–H and O–H groups in total. The largest absolute Gasteiger partial charge is 0.488 e. The maximum atomic E-state index is 9.30. The molecule has 3 aliphatic rings. The highest BCUT2D eigenvalue weighted by Gasteiger charge is 2.26. The quantitative estimate of drug-likeness (QED) is 0.229. The van der Waals surface area contributed by atoms with E-state index in [1.165, 1.54) is 16.7 Å². The molecular weight excluding hydrogens is 663 g/mol. The minimum Gasteiger partial charge on any atom is -0.423 e. The van der Waals surface area contributed by atoms with E-state index in [0.29, 0.717) is 18.7 Å². The van der Waals surface area contributed by atoms with Crippen molar-refractivity contribution >= 4 is 40.1 Å². The Hall–Kier alpha value is -1.83. The molecule has 0 saturated carbocycles. The summed E-state index contributed by atoms with van der Waals surface area (Å²) in [4.78, 5) is 0. The summed E-state index contributed by atoms with van der Waals surface area (Å²) >= 11 is 9.60. The van der Waals surface area contributed by atoms with Gasteiger partial charge in [-0.1, -0.05) is 76.1 Å². The summed E-state index contributed by atoms with van der Waals surface area (Å²) in [5, 5.41) is 20.2. The molecule has 0 spiro atoms. The van der Waals surface area contributed by atoms with Gasteiger partial charge in [0.1, 0.15) is 0 Å². The molecule has 0 radical (unpaired) electrons. The van der Waals surface area contributed by atoms with Crippen molar-refractivity contribution in [3.63, 3.8) is 0 Å². The van der Waals surface area contributed by atoms with Crippen molar-refractivity contribution in [3.05, 3.63) is 98.6 Å². The Morgan fingerprint density at radius 1 is 0.622 bits per heavy atom. The molecule has 3 aliphatic heterocycles. The fraction of sp³-hybridized carbons (Fsp3) is 0.471. The number of alkyl halides is 1. The van der Waals surface area contributed by atoms with Crippen LogP contribution in [0.4, 0.5) is 0 Å². The average molecular weight is 706 g/mol. The molecule has 3 aromatic rings. The van der Waals surface area contributed by atoms with Gasteiger partial charge in [0, 0.05) is 27.0 Å². The lowest BCUT2D eigenvalue weighted by Crippen LogP contribution is -2.36. The van der Waals surface area contributed by atoms with Gasteiger partial charge in [0.25, 0.3) is 0 Å². The fourth-order valence-corrected chi connectivity index (χ4v) is 6.15. The van der Waals surface area contributed by atoms with Gasteiger partial charge < -0.3 is 38.5 Å². The highest BCUT2D eigenvalue weighted by atomic mass is 79.9. The van der Waals surface area contributed by atoms with Gasteiger partial charge in [0.15, 0.2) is 18.9 Å². The molecule has 8 nitrogen and oxygen atoms in total. The van der Waals surface area contributed by atoms with Gasteiger partial charge in [-0.3, -0.25) is 0 Å². The summed E-state index contributed by atoms with van der Waals surface area (Å²) in [5.74, 6) is 0. The minimum absolute atomic E-state index is 0.174. The van der Waals surface area contributed by atoms with E-state index in [2.05, 4.69) is 41.1 Å². The second-order valence-electron chi connectivity index (χ2n) is 11.0. The molecule has 0 bridgehead atoms. The highest BCUT2D eigenvalue weighted by molar-refractivity contribution is 9.08. The summed E-state index contributed by atoms with van der Waals surface area (Å²) < 4.78 is 33.3. The third-order valence-corrected chi connectivity index (χ3v) is 8.59. The van der Waals surface area contributed by atoms with Crippen LogP contribution in [-0.4, -0.2) is 56.8 Å². The Labute approximate surface area is 280 Å². The first kappa shape index (κ1) is 36.0. The zero-order chi connectivity index (χ0) is 32.2. The standard InChI is InChI=1S/C12H15BrO2.C11H15BO4.C11H13ClO2/c1-9-4-2-5-10(8-13)11(9)12-14-6-3-7-15-12;1-8-4-2-5-9(12(13)14)10(8)11-15-6-3-7-16-11;1-8-4-2-5-9(12)10(8)11-13-6-3-7-14-11/h2,4-5,12H,3,6-8H2,1H3;2,4-5,11,13-14H,3,6-7H2,1H3;2,4-5,11H,3,6-7H2,1H3. The molecule has 3 heterocycles. The molecule has 0 atom stereocenters. The smallest absolute Gasteiger partial charge is 0.423 e. The van der Waals surface area contributed by atoms with Crippen LogP contribution in [-0.2, 0) is 33.8 Å². The van der Waals surface area contributed by atoms with Gasteiger partial charge in [-0.05, 0) is 73.8 Å². The van der Waals surface area contributed by atoms with Crippen LogP contribution < -0.4 is 5.46 Å². The SMILES string of the molecule is Cc1cccc(B(O)O)c1C1OCCCO1.Cc1cccc(CBr)c1C1OCCCO1.Cc1cccc(Cl)c1C1OCCCO1. The predicted molar refractivity (Wildman–Crippen MR) is 179 cm³/mol. The van der Waals surface area contributed by atoms with Crippen LogP contribution >= 0.6 is 27.5 Å². The normalized spacial score (nSPS) is 17.9. The second-order valence-corrected chi connectivity index (χ2v) is 12.0. The van der Waals surface area contributed by atoms with E-state index in [0.717, 1.165) is 78.3 Å². The summed E-state index contributed by atoms with van der Waals surface area (Å²) in [6.45, 7) is 10.4. The van der Waals surface area contributed by atoms with Crippen LogP contribution in [0.5, 0.6) is 0 Å². The van der Waals surface area contributed by atoms with Crippen LogP contribution in [0.2, 0.25) is 5.02 Å². The fourth-order valence-electron chi connectivity index (χ4n) is 5.35. The Bertz CT molecular complexity index is 1320. The Morgan fingerprint density at radius 2 is 1.02 bits per heavy atom. The van der Waals surface area contributed by atoms with Crippen molar-refractivity contribution in [1.82, 2.24) is 0 Å². The third kappa shape index (κ3) is 10.1. The molecule has 244 valence electrons. The van der Waals surface area contributed by atoms with E-state index in [-0.39, 0.29) is 12.6 Å². The van der Waals surface area contributed by atoms with Crippen molar-refractivity contribution in [1.29, 1.82) is 0 Å². The summed E-state index contributed by atoms with van der Waals surface area (Å²) in [7, 11) is -1.50. The maximum Gasteiger partial charge on any atom is 0.488 e. The molecular formula is C34H43BBrClO8. The molecule has 0 aliphatic carbocycles. The van der Waals surface area contributed by atoms with Crippen molar-refractivity contribution in [2.45, 2.75) is 64.2 Å². The number of benzene rings is 3. The number of aryl methyl sites for hydroxylation is 3.